The van der Waals surface area contributed by atoms with Crippen LogP contribution in [0.15, 0.2) is 0 Å². The van der Waals surface area contributed by atoms with E-state index in [0.29, 0.717) is 0 Å². The Bertz CT molecular complexity index is 421. The van der Waals surface area contributed by atoms with Gasteiger partial charge in [0.25, 0.3) is 0 Å². The molecule has 17 heavy (non-hydrogen) atoms. The number of aromatic nitrogens is 2. The average molecular weight is 233 g/mol. The fourth-order valence-corrected chi connectivity index (χ4v) is 2.70. The lowest BCUT2D eigenvalue weighted by atomic mass is 9.95. The Balaban J connectivity index is 2.03. The van der Waals surface area contributed by atoms with E-state index in [2.05, 4.69) is 30.7 Å². The lowest BCUT2D eigenvalue weighted by Gasteiger charge is -2.21. The first kappa shape index (κ1) is 11.3. The number of hydrogen-bond donors (Lipinski definition) is 1. The molecule has 0 spiro atoms. The van der Waals surface area contributed by atoms with E-state index >= 15 is 0 Å². The van der Waals surface area contributed by atoms with Crippen LogP contribution in [0.4, 0.5) is 0 Å². The number of rotatable bonds is 2. The first-order chi connectivity index (χ1) is 8.05. The van der Waals surface area contributed by atoms with Crippen LogP contribution in [0.3, 0.4) is 0 Å². The van der Waals surface area contributed by atoms with E-state index in [1.807, 2.05) is 0 Å². The highest BCUT2D eigenvalue weighted by Gasteiger charge is 2.30. The maximum Gasteiger partial charge on any atom is 0.114 e. The SMILES string of the molecule is CC(C)(C)c1nc2c(n1CC1CC1)CCNC2. The smallest absolute Gasteiger partial charge is 0.114 e. The first-order valence-corrected chi connectivity index (χ1v) is 6.85. The average Bonchev–Trinajstić information content (AvgIpc) is 2.98. The molecule has 0 amide bonds. The molecule has 3 nitrogen and oxygen atoms in total. The molecule has 3 rings (SSSR count). The summed E-state index contributed by atoms with van der Waals surface area (Å²) in [5.74, 6) is 2.21. The van der Waals surface area contributed by atoms with E-state index < -0.39 is 0 Å². The standard InChI is InChI=1S/C14H23N3/c1-14(2,3)13-16-11-8-15-7-6-12(11)17(13)9-10-4-5-10/h10,15H,4-9H2,1-3H3. The normalized spacial score (nSPS) is 20.4. The van der Waals surface area contributed by atoms with Gasteiger partial charge in [-0.15, -0.1) is 0 Å². The van der Waals surface area contributed by atoms with Crippen molar-refractivity contribution in [1.29, 1.82) is 0 Å². The molecule has 1 saturated carbocycles. The fraction of sp³-hybridized carbons (Fsp3) is 0.786. The van der Waals surface area contributed by atoms with Crippen LogP contribution in [0.1, 0.15) is 50.8 Å². The van der Waals surface area contributed by atoms with Crippen molar-refractivity contribution >= 4 is 0 Å². The second kappa shape index (κ2) is 3.84. The van der Waals surface area contributed by atoms with Gasteiger partial charge in [0.1, 0.15) is 5.82 Å². The number of nitrogens with one attached hydrogen (secondary N) is 1. The topological polar surface area (TPSA) is 29.9 Å². The zero-order valence-electron chi connectivity index (χ0n) is 11.2. The molecule has 0 atom stereocenters. The van der Waals surface area contributed by atoms with Crippen molar-refractivity contribution in [2.45, 2.75) is 58.5 Å². The molecule has 3 heteroatoms. The number of imidazole rings is 1. The van der Waals surface area contributed by atoms with Gasteiger partial charge in [0, 0.05) is 37.2 Å². The van der Waals surface area contributed by atoms with Crippen LogP contribution in [-0.4, -0.2) is 16.1 Å². The predicted molar refractivity (Wildman–Crippen MR) is 69.1 cm³/mol. The molecule has 1 fully saturated rings. The summed E-state index contributed by atoms with van der Waals surface area (Å²) >= 11 is 0. The molecule has 94 valence electrons. The van der Waals surface area contributed by atoms with Crippen molar-refractivity contribution in [1.82, 2.24) is 14.9 Å². The van der Waals surface area contributed by atoms with Crippen molar-refractivity contribution < 1.29 is 0 Å². The van der Waals surface area contributed by atoms with E-state index in [9.17, 15) is 0 Å². The lowest BCUT2D eigenvalue weighted by molar-refractivity contribution is 0.474. The highest BCUT2D eigenvalue weighted by Crippen LogP contribution is 2.34. The molecule has 2 heterocycles. The molecule has 1 aromatic rings. The molecule has 0 unspecified atom stereocenters. The van der Waals surface area contributed by atoms with Crippen LogP contribution in [0.5, 0.6) is 0 Å². The Labute approximate surface area is 104 Å². The summed E-state index contributed by atoms with van der Waals surface area (Å²) in [4.78, 5) is 4.90. The Morgan fingerprint density at radius 1 is 1.35 bits per heavy atom. The molecule has 1 aliphatic carbocycles. The quantitative estimate of drug-likeness (QED) is 0.849. The van der Waals surface area contributed by atoms with Crippen LogP contribution in [0.2, 0.25) is 0 Å². The molecule has 0 radical (unpaired) electrons. The van der Waals surface area contributed by atoms with Gasteiger partial charge in [0.15, 0.2) is 0 Å². The second-order valence-electron chi connectivity index (χ2n) is 6.56. The minimum absolute atomic E-state index is 0.159. The molecule has 1 aliphatic heterocycles. The lowest BCUT2D eigenvalue weighted by Crippen LogP contribution is -2.26. The summed E-state index contributed by atoms with van der Waals surface area (Å²) in [6, 6.07) is 0. The zero-order chi connectivity index (χ0) is 12.0. The first-order valence-electron chi connectivity index (χ1n) is 6.85. The number of fused-ring (bicyclic) bond motifs is 1. The summed E-state index contributed by atoms with van der Waals surface area (Å²) in [5, 5.41) is 3.43. The molecule has 0 saturated heterocycles. The third-order valence-corrected chi connectivity index (χ3v) is 3.80. The molecule has 1 aromatic heterocycles. The summed E-state index contributed by atoms with van der Waals surface area (Å²) < 4.78 is 2.54. The van der Waals surface area contributed by atoms with Gasteiger partial charge in [0.2, 0.25) is 0 Å². The Morgan fingerprint density at radius 3 is 2.76 bits per heavy atom. The molecule has 0 aromatic carbocycles. The summed E-state index contributed by atoms with van der Waals surface area (Å²) in [5.41, 5.74) is 2.95. The van der Waals surface area contributed by atoms with Crippen LogP contribution in [-0.2, 0) is 24.9 Å². The third kappa shape index (κ3) is 2.13. The van der Waals surface area contributed by atoms with Crippen molar-refractivity contribution in [3.05, 3.63) is 17.2 Å². The van der Waals surface area contributed by atoms with E-state index in [0.717, 1.165) is 25.4 Å². The monoisotopic (exact) mass is 233 g/mol. The van der Waals surface area contributed by atoms with Crippen molar-refractivity contribution in [3.63, 3.8) is 0 Å². The van der Waals surface area contributed by atoms with E-state index in [-0.39, 0.29) is 5.41 Å². The zero-order valence-corrected chi connectivity index (χ0v) is 11.2. The van der Waals surface area contributed by atoms with Crippen molar-refractivity contribution in [2.24, 2.45) is 5.92 Å². The number of nitrogens with zero attached hydrogens (tertiary/aromatic N) is 2. The molecule has 1 N–H and O–H groups in total. The summed E-state index contributed by atoms with van der Waals surface area (Å²) in [6.07, 6.45) is 3.97. The molecule has 0 bridgehead atoms. The van der Waals surface area contributed by atoms with Crippen LogP contribution >= 0.6 is 0 Å². The Kier molecular flexibility index (Phi) is 2.54. The van der Waals surface area contributed by atoms with Gasteiger partial charge in [-0.2, -0.15) is 0 Å². The maximum absolute atomic E-state index is 4.90. The molecular weight excluding hydrogens is 210 g/mol. The van der Waals surface area contributed by atoms with E-state index in [1.54, 1.807) is 0 Å². The second-order valence-corrected chi connectivity index (χ2v) is 6.56. The molecular formula is C14H23N3. The van der Waals surface area contributed by atoms with Gasteiger partial charge >= 0.3 is 0 Å². The van der Waals surface area contributed by atoms with Gasteiger partial charge < -0.3 is 9.88 Å². The maximum atomic E-state index is 4.90. The predicted octanol–water partition coefficient (Wildman–Crippen LogP) is 2.24. The van der Waals surface area contributed by atoms with Crippen LogP contribution in [0.25, 0.3) is 0 Å². The van der Waals surface area contributed by atoms with Crippen LogP contribution < -0.4 is 5.32 Å². The number of hydrogen-bond acceptors (Lipinski definition) is 2. The van der Waals surface area contributed by atoms with E-state index in [1.165, 1.54) is 36.6 Å². The minimum atomic E-state index is 0.159. The highest BCUT2D eigenvalue weighted by molar-refractivity contribution is 5.23. The van der Waals surface area contributed by atoms with Crippen molar-refractivity contribution in [3.8, 4) is 0 Å². The largest absolute Gasteiger partial charge is 0.331 e. The van der Waals surface area contributed by atoms with Crippen molar-refractivity contribution in [2.75, 3.05) is 6.54 Å². The molecule has 2 aliphatic rings. The highest BCUT2D eigenvalue weighted by atomic mass is 15.1. The third-order valence-electron chi connectivity index (χ3n) is 3.80. The fourth-order valence-electron chi connectivity index (χ4n) is 2.70. The van der Waals surface area contributed by atoms with E-state index in [4.69, 9.17) is 4.98 Å². The Morgan fingerprint density at radius 2 is 2.12 bits per heavy atom. The summed E-state index contributed by atoms with van der Waals surface area (Å²) in [6.45, 7) is 10.1. The van der Waals surface area contributed by atoms with Gasteiger partial charge in [-0.05, 0) is 18.8 Å². The summed E-state index contributed by atoms with van der Waals surface area (Å²) in [7, 11) is 0. The Hall–Kier alpha value is -0.830. The van der Waals surface area contributed by atoms with Gasteiger partial charge in [-0.3, -0.25) is 0 Å². The van der Waals surface area contributed by atoms with Gasteiger partial charge in [-0.25, -0.2) is 4.98 Å². The van der Waals surface area contributed by atoms with Gasteiger partial charge in [-0.1, -0.05) is 20.8 Å². The minimum Gasteiger partial charge on any atom is -0.331 e. The van der Waals surface area contributed by atoms with Gasteiger partial charge in [0.05, 0.1) is 5.69 Å². The van der Waals surface area contributed by atoms with Crippen LogP contribution in [0, 0.1) is 5.92 Å².